The number of rotatable bonds is 8. The summed E-state index contributed by atoms with van der Waals surface area (Å²) in [7, 11) is 0. The molecule has 2 amide bonds. The number of carbonyl (C=O) groups is 3. The minimum Gasteiger partial charge on any atom is -0.506 e. The van der Waals surface area contributed by atoms with Crippen LogP contribution in [0.15, 0.2) is 46.2 Å². The summed E-state index contributed by atoms with van der Waals surface area (Å²) in [5.41, 5.74) is 0.215. The lowest BCUT2D eigenvalue weighted by molar-refractivity contribution is -0.136. The third-order valence-electron chi connectivity index (χ3n) is 5.56. The summed E-state index contributed by atoms with van der Waals surface area (Å²) in [6.45, 7) is 4.84. The normalized spacial score (nSPS) is 14.6. The molecule has 0 saturated heterocycles. The number of aromatic hydroxyl groups is 1. The fraction of sp³-hybridized carbons (Fsp3) is 0.304. The third kappa shape index (κ3) is 5.00. The molecule has 1 aliphatic heterocycles. The van der Waals surface area contributed by atoms with Crippen molar-refractivity contribution in [2.24, 2.45) is 0 Å². The molecule has 1 atom stereocenters. The van der Waals surface area contributed by atoms with Gasteiger partial charge in [0.1, 0.15) is 17.9 Å². The number of hydrogen-bond acceptors (Lipinski definition) is 5. The van der Waals surface area contributed by atoms with Crippen molar-refractivity contribution in [3.63, 3.8) is 0 Å². The lowest BCUT2D eigenvalue weighted by Gasteiger charge is -2.21. The molecule has 1 aromatic carbocycles. The van der Waals surface area contributed by atoms with Crippen molar-refractivity contribution in [3.8, 4) is 5.75 Å². The van der Waals surface area contributed by atoms with Crippen molar-refractivity contribution >= 4 is 33.7 Å². The third-order valence-corrected chi connectivity index (χ3v) is 6.09. The Bertz CT molecular complexity index is 1170. The van der Waals surface area contributed by atoms with Crippen molar-refractivity contribution < 1.29 is 24.6 Å². The molecule has 2 aromatic rings. The number of aromatic nitrogens is 1. The molecule has 1 aliphatic rings. The van der Waals surface area contributed by atoms with Crippen LogP contribution in [-0.2, 0) is 22.7 Å². The zero-order valence-electron chi connectivity index (χ0n) is 18.0. The van der Waals surface area contributed by atoms with Gasteiger partial charge in [-0.25, -0.2) is 0 Å². The van der Waals surface area contributed by atoms with Crippen molar-refractivity contribution in [3.05, 3.63) is 74.1 Å². The van der Waals surface area contributed by atoms with Gasteiger partial charge in [0.15, 0.2) is 0 Å². The number of amides is 2. The second-order valence-electron chi connectivity index (χ2n) is 7.70. The molecular formula is C23H24BrN3O6. The van der Waals surface area contributed by atoms with Gasteiger partial charge in [0, 0.05) is 22.2 Å². The Morgan fingerprint density at radius 2 is 1.94 bits per heavy atom. The van der Waals surface area contributed by atoms with E-state index in [0.29, 0.717) is 17.7 Å². The van der Waals surface area contributed by atoms with E-state index < -0.39 is 41.3 Å². The molecule has 0 spiro atoms. The van der Waals surface area contributed by atoms with Gasteiger partial charge in [-0.2, -0.15) is 0 Å². The first-order valence-corrected chi connectivity index (χ1v) is 11.1. The van der Waals surface area contributed by atoms with E-state index >= 15 is 0 Å². The highest BCUT2D eigenvalue weighted by atomic mass is 79.9. The molecule has 9 nitrogen and oxygen atoms in total. The summed E-state index contributed by atoms with van der Waals surface area (Å²) in [6, 6.07) is 6.67. The minimum absolute atomic E-state index is 0.100. The zero-order valence-corrected chi connectivity index (χ0v) is 19.6. The van der Waals surface area contributed by atoms with Crippen LogP contribution < -0.4 is 10.9 Å². The molecular weight excluding hydrogens is 494 g/mol. The minimum atomic E-state index is -1.29. The predicted molar refractivity (Wildman–Crippen MR) is 124 cm³/mol. The van der Waals surface area contributed by atoms with E-state index in [4.69, 9.17) is 5.11 Å². The smallest absolute Gasteiger partial charge is 0.322 e. The van der Waals surface area contributed by atoms with Gasteiger partial charge in [-0.05, 0) is 31.0 Å². The first kappa shape index (κ1) is 24.2. The molecule has 0 saturated carbocycles. The number of pyridine rings is 1. The Balaban J connectivity index is 2.12. The van der Waals surface area contributed by atoms with Gasteiger partial charge in [0.2, 0.25) is 5.91 Å². The number of fused-ring (bicyclic) bond motifs is 1. The highest BCUT2D eigenvalue weighted by molar-refractivity contribution is 9.10. The average Bonchev–Trinajstić information content (AvgIpc) is 3.12. The lowest BCUT2D eigenvalue weighted by atomic mass is 10.0. The van der Waals surface area contributed by atoms with Crippen LogP contribution in [0.4, 0.5) is 0 Å². The van der Waals surface area contributed by atoms with Gasteiger partial charge in [-0.1, -0.05) is 34.1 Å². The summed E-state index contributed by atoms with van der Waals surface area (Å²) in [5.74, 6) is -2.98. The first-order valence-electron chi connectivity index (χ1n) is 10.3. The molecule has 0 aliphatic carbocycles. The van der Waals surface area contributed by atoms with E-state index in [1.807, 2.05) is 24.3 Å². The van der Waals surface area contributed by atoms with E-state index in [9.17, 15) is 24.3 Å². The molecule has 2 heterocycles. The van der Waals surface area contributed by atoms with Gasteiger partial charge >= 0.3 is 5.97 Å². The van der Waals surface area contributed by atoms with Gasteiger partial charge in [-0.15, -0.1) is 6.58 Å². The van der Waals surface area contributed by atoms with E-state index in [2.05, 4.69) is 27.8 Å². The molecule has 3 N–H and O–H groups in total. The topological polar surface area (TPSA) is 129 Å². The number of aliphatic carboxylic acids is 1. The van der Waals surface area contributed by atoms with E-state index in [0.717, 1.165) is 10.0 Å². The first-order chi connectivity index (χ1) is 15.6. The Hall–Kier alpha value is -3.40. The summed E-state index contributed by atoms with van der Waals surface area (Å²) in [5, 5.41) is 21.9. The summed E-state index contributed by atoms with van der Waals surface area (Å²) in [4.78, 5) is 51.1. The highest BCUT2D eigenvalue weighted by Crippen LogP contribution is 2.40. The van der Waals surface area contributed by atoms with Gasteiger partial charge in [0.05, 0.1) is 19.1 Å². The quantitative estimate of drug-likeness (QED) is 0.461. The fourth-order valence-corrected chi connectivity index (χ4v) is 4.17. The van der Waals surface area contributed by atoms with Crippen LogP contribution >= 0.6 is 15.9 Å². The number of nitrogens with one attached hydrogen (secondary N) is 1. The van der Waals surface area contributed by atoms with Crippen LogP contribution in [-0.4, -0.2) is 44.0 Å². The van der Waals surface area contributed by atoms with E-state index in [-0.39, 0.29) is 25.4 Å². The van der Waals surface area contributed by atoms with Crippen LogP contribution in [0.3, 0.4) is 0 Å². The highest BCUT2D eigenvalue weighted by Gasteiger charge is 2.38. The number of carbonyl (C=O) groups excluding carboxylic acids is 2. The van der Waals surface area contributed by atoms with Crippen molar-refractivity contribution in [2.45, 2.75) is 38.9 Å². The summed E-state index contributed by atoms with van der Waals surface area (Å²) >= 11 is 3.36. The number of carboxylic acid groups (broad SMARTS) is 1. The Morgan fingerprint density at radius 3 is 2.55 bits per heavy atom. The zero-order chi connectivity index (χ0) is 24.3. The summed E-state index contributed by atoms with van der Waals surface area (Å²) < 4.78 is 2.22. The maximum atomic E-state index is 13.3. The summed E-state index contributed by atoms with van der Waals surface area (Å²) in [6.07, 6.45) is 2.35. The van der Waals surface area contributed by atoms with Gasteiger partial charge in [0.25, 0.3) is 11.5 Å². The van der Waals surface area contributed by atoms with E-state index in [1.165, 1.54) is 4.57 Å². The Labute approximate surface area is 198 Å². The molecule has 33 heavy (non-hydrogen) atoms. The monoisotopic (exact) mass is 517 g/mol. The molecule has 1 unspecified atom stereocenters. The molecule has 1 aromatic heterocycles. The standard InChI is InChI=1S/C23H24BrN3O6/c1-3-4-5-17(28)26-12-16-19(13(26)2)21(31)20(22(32)25-10-18(29)30)23(33)27(16)11-14-6-8-15(24)9-7-14/h3,6-9,13,31H,1,4-5,10-12H2,2H3,(H,25,32)(H,29,30). The Morgan fingerprint density at radius 1 is 1.27 bits per heavy atom. The van der Waals surface area contributed by atoms with Crippen molar-refractivity contribution in [2.75, 3.05) is 6.54 Å². The lowest BCUT2D eigenvalue weighted by Crippen LogP contribution is -2.37. The molecule has 0 radical (unpaired) electrons. The van der Waals surface area contributed by atoms with Crippen LogP contribution in [0, 0.1) is 0 Å². The SMILES string of the molecule is C=CCCC(=O)N1Cc2c(c(O)c(C(=O)NCC(=O)O)c(=O)n2Cc2ccc(Br)cc2)C1C. The maximum absolute atomic E-state index is 13.3. The van der Waals surface area contributed by atoms with Crippen molar-refractivity contribution in [1.82, 2.24) is 14.8 Å². The largest absolute Gasteiger partial charge is 0.506 e. The number of benzene rings is 1. The number of halogens is 1. The maximum Gasteiger partial charge on any atom is 0.322 e. The Kier molecular flexibility index (Phi) is 7.37. The number of nitrogens with zero attached hydrogens (tertiary/aromatic N) is 2. The van der Waals surface area contributed by atoms with Crippen LogP contribution in [0.25, 0.3) is 0 Å². The molecule has 0 bridgehead atoms. The van der Waals surface area contributed by atoms with Crippen LogP contribution in [0.1, 0.15) is 53.0 Å². The second kappa shape index (κ2) is 10.0. The second-order valence-corrected chi connectivity index (χ2v) is 8.62. The van der Waals surface area contributed by atoms with Gasteiger partial charge in [-0.3, -0.25) is 19.2 Å². The fourth-order valence-electron chi connectivity index (χ4n) is 3.90. The van der Waals surface area contributed by atoms with Crippen molar-refractivity contribution in [1.29, 1.82) is 0 Å². The predicted octanol–water partition coefficient (Wildman–Crippen LogP) is 2.55. The average molecular weight is 518 g/mol. The molecule has 3 rings (SSSR count). The molecule has 0 fully saturated rings. The van der Waals surface area contributed by atoms with Gasteiger partial charge < -0.3 is 25.0 Å². The van der Waals surface area contributed by atoms with Crippen LogP contribution in [0.5, 0.6) is 5.75 Å². The van der Waals surface area contributed by atoms with Crippen LogP contribution in [0.2, 0.25) is 0 Å². The number of allylic oxidation sites excluding steroid dienone is 1. The van der Waals surface area contributed by atoms with E-state index in [1.54, 1.807) is 17.9 Å². The number of carboxylic acids is 1. The molecule has 10 heteroatoms. The molecule has 174 valence electrons. The number of hydrogen-bond donors (Lipinski definition) is 3.